The molecule has 19 heavy (non-hydrogen) atoms. The molecule has 2 aromatic carbocycles. The summed E-state index contributed by atoms with van der Waals surface area (Å²) in [7, 11) is 0. The van der Waals surface area contributed by atoms with Crippen molar-refractivity contribution in [1.29, 1.82) is 0 Å². The Morgan fingerprint density at radius 1 is 0.895 bits per heavy atom. The SMILES string of the molecule is O[C@H](c1ccc(Cl)cc1)c1ccc(OC(F)F)cc1. The standard InChI is InChI=1S/C14H11ClF2O2/c15-11-5-1-9(2-6-11)13(18)10-3-7-12(8-4-10)19-14(16)17/h1-8,13-14,18H/t13-/m1/s1. The van der Waals surface area contributed by atoms with Gasteiger partial charge in [-0.25, -0.2) is 0 Å². The van der Waals surface area contributed by atoms with E-state index in [0.717, 1.165) is 0 Å². The molecule has 0 aliphatic heterocycles. The highest BCUT2D eigenvalue weighted by molar-refractivity contribution is 6.30. The second-order valence-corrected chi connectivity index (χ2v) is 4.34. The average molecular weight is 285 g/mol. The van der Waals surface area contributed by atoms with Gasteiger partial charge in [0.1, 0.15) is 11.9 Å². The summed E-state index contributed by atoms with van der Waals surface area (Å²) in [5, 5.41) is 10.7. The van der Waals surface area contributed by atoms with Crippen molar-refractivity contribution in [2.45, 2.75) is 12.7 Å². The summed E-state index contributed by atoms with van der Waals surface area (Å²) in [5.74, 6) is 0.0575. The Morgan fingerprint density at radius 3 is 1.84 bits per heavy atom. The second-order valence-electron chi connectivity index (χ2n) is 3.90. The van der Waals surface area contributed by atoms with Crippen molar-refractivity contribution in [2.75, 3.05) is 0 Å². The van der Waals surface area contributed by atoms with Crippen LogP contribution in [0.5, 0.6) is 5.75 Å². The van der Waals surface area contributed by atoms with Crippen molar-refractivity contribution < 1.29 is 18.6 Å². The first kappa shape index (κ1) is 13.8. The van der Waals surface area contributed by atoms with Gasteiger partial charge in [0, 0.05) is 5.02 Å². The van der Waals surface area contributed by atoms with E-state index in [1.807, 2.05) is 0 Å². The number of hydrogen-bond acceptors (Lipinski definition) is 2. The van der Waals surface area contributed by atoms with Gasteiger partial charge in [0.15, 0.2) is 0 Å². The molecule has 0 radical (unpaired) electrons. The molecular weight excluding hydrogens is 274 g/mol. The quantitative estimate of drug-likeness (QED) is 0.919. The van der Waals surface area contributed by atoms with E-state index in [1.54, 1.807) is 24.3 Å². The van der Waals surface area contributed by atoms with E-state index in [0.29, 0.717) is 16.1 Å². The monoisotopic (exact) mass is 284 g/mol. The maximum atomic E-state index is 12.0. The van der Waals surface area contributed by atoms with Crippen LogP contribution in [0.1, 0.15) is 17.2 Å². The van der Waals surface area contributed by atoms with E-state index in [1.165, 1.54) is 24.3 Å². The van der Waals surface area contributed by atoms with Crippen molar-refractivity contribution in [1.82, 2.24) is 0 Å². The number of halogens is 3. The average Bonchev–Trinajstić information content (AvgIpc) is 2.39. The van der Waals surface area contributed by atoms with Crippen LogP contribution in [0.25, 0.3) is 0 Å². The minimum absolute atomic E-state index is 0.0575. The first-order chi connectivity index (χ1) is 9.06. The lowest BCUT2D eigenvalue weighted by atomic mass is 10.0. The molecule has 100 valence electrons. The van der Waals surface area contributed by atoms with E-state index in [-0.39, 0.29) is 5.75 Å². The fraction of sp³-hybridized carbons (Fsp3) is 0.143. The Hall–Kier alpha value is -1.65. The van der Waals surface area contributed by atoms with Crippen molar-refractivity contribution in [3.63, 3.8) is 0 Å². The molecule has 0 saturated carbocycles. The Bertz CT molecular complexity index is 526. The fourth-order valence-electron chi connectivity index (χ4n) is 1.67. The van der Waals surface area contributed by atoms with E-state index >= 15 is 0 Å². The zero-order chi connectivity index (χ0) is 13.8. The first-order valence-corrected chi connectivity index (χ1v) is 5.92. The Morgan fingerprint density at radius 2 is 1.37 bits per heavy atom. The Labute approximate surface area is 114 Å². The highest BCUT2D eigenvalue weighted by Crippen LogP contribution is 2.25. The van der Waals surface area contributed by atoms with Gasteiger partial charge in [0.25, 0.3) is 0 Å². The summed E-state index contributed by atoms with van der Waals surface area (Å²) in [6.45, 7) is -2.85. The molecule has 2 rings (SSSR count). The van der Waals surface area contributed by atoms with Crippen LogP contribution >= 0.6 is 11.6 Å². The van der Waals surface area contributed by atoms with Crippen LogP contribution in [0, 0.1) is 0 Å². The number of alkyl halides is 2. The zero-order valence-electron chi connectivity index (χ0n) is 9.76. The summed E-state index contributed by atoms with van der Waals surface area (Å²) in [4.78, 5) is 0. The largest absolute Gasteiger partial charge is 0.435 e. The third kappa shape index (κ3) is 3.66. The predicted octanol–water partition coefficient (Wildman–Crippen LogP) is 4.02. The maximum Gasteiger partial charge on any atom is 0.387 e. The highest BCUT2D eigenvalue weighted by atomic mass is 35.5. The van der Waals surface area contributed by atoms with Gasteiger partial charge in [-0.3, -0.25) is 0 Å². The van der Waals surface area contributed by atoms with Crippen LogP contribution in [0.4, 0.5) is 8.78 Å². The molecule has 0 saturated heterocycles. The van der Waals surface area contributed by atoms with Gasteiger partial charge in [-0.1, -0.05) is 35.9 Å². The maximum absolute atomic E-state index is 12.0. The van der Waals surface area contributed by atoms with Crippen molar-refractivity contribution >= 4 is 11.6 Å². The summed E-state index contributed by atoms with van der Waals surface area (Å²) in [6.07, 6.45) is -0.835. The van der Waals surface area contributed by atoms with Crippen molar-refractivity contribution in [3.05, 3.63) is 64.7 Å². The lowest BCUT2D eigenvalue weighted by Crippen LogP contribution is -2.03. The molecule has 2 aromatic rings. The van der Waals surface area contributed by atoms with Gasteiger partial charge >= 0.3 is 6.61 Å². The summed E-state index contributed by atoms with van der Waals surface area (Å²) >= 11 is 5.76. The molecule has 0 spiro atoms. The topological polar surface area (TPSA) is 29.5 Å². The molecule has 0 aromatic heterocycles. The Kier molecular flexibility index (Phi) is 4.35. The predicted molar refractivity (Wildman–Crippen MR) is 68.6 cm³/mol. The molecule has 1 atom stereocenters. The van der Waals surface area contributed by atoms with Gasteiger partial charge in [0.2, 0.25) is 0 Å². The van der Waals surface area contributed by atoms with Crippen molar-refractivity contribution in [3.8, 4) is 5.75 Å². The van der Waals surface area contributed by atoms with Crippen LogP contribution in [0.2, 0.25) is 5.02 Å². The number of aliphatic hydroxyl groups is 1. The summed E-state index contributed by atoms with van der Waals surface area (Å²) in [5.41, 5.74) is 1.26. The lowest BCUT2D eigenvalue weighted by molar-refractivity contribution is -0.0498. The summed E-state index contributed by atoms with van der Waals surface area (Å²) in [6, 6.07) is 12.6. The van der Waals surface area contributed by atoms with Crippen LogP contribution in [0.15, 0.2) is 48.5 Å². The molecule has 0 bridgehead atoms. The number of rotatable bonds is 4. The van der Waals surface area contributed by atoms with E-state index in [9.17, 15) is 13.9 Å². The van der Waals surface area contributed by atoms with Crippen molar-refractivity contribution in [2.24, 2.45) is 0 Å². The van der Waals surface area contributed by atoms with Crippen LogP contribution in [-0.4, -0.2) is 11.7 Å². The van der Waals surface area contributed by atoms with Gasteiger partial charge in [-0.2, -0.15) is 8.78 Å². The molecule has 0 amide bonds. The first-order valence-electron chi connectivity index (χ1n) is 5.54. The number of ether oxygens (including phenoxy) is 1. The fourth-order valence-corrected chi connectivity index (χ4v) is 1.80. The van der Waals surface area contributed by atoms with Crippen LogP contribution < -0.4 is 4.74 Å². The van der Waals surface area contributed by atoms with Crippen LogP contribution in [0.3, 0.4) is 0 Å². The van der Waals surface area contributed by atoms with E-state index in [4.69, 9.17) is 11.6 Å². The third-order valence-corrected chi connectivity index (χ3v) is 2.86. The normalized spacial score (nSPS) is 12.5. The molecule has 0 heterocycles. The molecule has 2 nitrogen and oxygen atoms in total. The molecular formula is C14H11ClF2O2. The minimum Gasteiger partial charge on any atom is -0.435 e. The Balaban J connectivity index is 2.15. The molecule has 0 fully saturated rings. The van der Waals surface area contributed by atoms with Crippen LogP contribution in [-0.2, 0) is 0 Å². The molecule has 0 aliphatic rings. The summed E-state index contributed by atoms with van der Waals surface area (Å²) < 4.78 is 28.2. The highest BCUT2D eigenvalue weighted by Gasteiger charge is 2.11. The molecule has 5 heteroatoms. The van der Waals surface area contributed by atoms with Gasteiger partial charge in [-0.05, 0) is 35.4 Å². The molecule has 1 N–H and O–H groups in total. The lowest BCUT2D eigenvalue weighted by Gasteiger charge is -2.12. The van der Waals surface area contributed by atoms with Gasteiger partial charge < -0.3 is 9.84 Å². The smallest absolute Gasteiger partial charge is 0.387 e. The van der Waals surface area contributed by atoms with E-state index < -0.39 is 12.7 Å². The molecule has 0 aliphatic carbocycles. The molecule has 0 unspecified atom stereocenters. The van der Waals surface area contributed by atoms with Gasteiger partial charge in [0.05, 0.1) is 0 Å². The minimum atomic E-state index is -2.85. The number of hydrogen-bond donors (Lipinski definition) is 1. The number of benzene rings is 2. The third-order valence-electron chi connectivity index (χ3n) is 2.61. The second kappa shape index (κ2) is 5.99. The van der Waals surface area contributed by atoms with Gasteiger partial charge in [-0.15, -0.1) is 0 Å². The zero-order valence-corrected chi connectivity index (χ0v) is 10.5. The van der Waals surface area contributed by atoms with E-state index in [2.05, 4.69) is 4.74 Å². The number of aliphatic hydroxyl groups excluding tert-OH is 1.